The van der Waals surface area contributed by atoms with E-state index in [1.165, 1.54) is 40.7 Å². The molecule has 1 amide bonds. The molecule has 0 bridgehead atoms. The maximum absolute atomic E-state index is 12.5. The van der Waals surface area contributed by atoms with Crippen molar-refractivity contribution < 1.29 is 23.1 Å². The van der Waals surface area contributed by atoms with Gasteiger partial charge in [-0.1, -0.05) is 12.2 Å². The lowest BCUT2D eigenvalue weighted by Crippen LogP contribution is -2.28. The molecule has 0 fully saturated rings. The van der Waals surface area contributed by atoms with Crippen molar-refractivity contribution >= 4 is 50.2 Å². The first-order valence-corrected chi connectivity index (χ1v) is 10.4. The number of rotatable bonds is 5. The smallest absolute Gasteiger partial charge is 0.337 e. The molecule has 0 radical (unpaired) electrons. The van der Waals surface area contributed by atoms with E-state index in [9.17, 15) is 23.1 Å². The van der Waals surface area contributed by atoms with Gasteiger partial charge in [0, 0.05) is 22.2 Å². The zero-order valence-corrected chi connectivity index (χ0v) is 16.9. The number of carbonyl (C=O) groups excluding carboxylic acids is 1. The average Bonchev–Trinajstić information content (AvgIpc) is 3.18. The second-order valence-corrected chi connectivity index (χ2v) is 8.95. The number of nitrogens with zero attached hydrogens (tertiary/aromatic N) is 1. The van der Waals surface area contributed by atoms with Crippen molar-refractivity contribution in [3.63, 3.8) is 0 Å². The number of carbonyl (C=O) groups is 2. The summed E-state index contributed by atoms with van der Waals surface area (Å²) in [7, 11) is -3.60. The van der Waals surface area contributed by atoms with Crippen LogP contribution in [-0.2, 0) is 10.0 Å². The Morgan fingerprint density at radius 2 is 1.67 bits per heavy atom. The molecule has 0 unspecified atom stereocenters. The molecule has 2 N–H and O–H groups in total. The molecule has 0 spiro atoms. The predicted molar refractivity (Wildman–Crippen MR) is 108 cm³/mol. The largest absolute Gasteiger partial charge is 0.478 e. The SMILES string of the molecule is O=C(Nc1ccc(I)cc1C(=O)O)c1ccc(S(=O)(=O)N2CC=CC2)cc1. The van der Waals surface area contributed by atoms with Crippen LogP contribution in [0.15, 0.2) is 59.5 Å². The summed E-state index contributed by atoms with van der Waals surface area (Å²) in [5.74, 6) is -1.67. The number of anilines is 1. The van der Waals surface area contributed by atoms with Gasteiger partial charge in [0.15, 0.2) is 0 Å². The van der Waals surface area contributed by atoms with Crippen LogP contribution in [0.2, 0.25) is 0 Å². The maximum Gasteiger partial charge on any atom is 0.337 e. The van der Waals surface area contributed by atoms with Crippen molar-refractivity contribution in [3.8, 4) is 0 Å². The van der Waals surface area contributed by atoms with Crippen LogP contribution in [0, 0.1) is 3.57 Å². The summed E-state index contributed by atoms with van der Waals surface area (Å²) in [6.07, 6.45) is 3.56. The van der Waals surface area contributed by atoms with Crippen LogP contribution in [-0.4, -0.2) is 42.8 Å². The van der Waals surface area contributed by atoms with Gasteiger partial charge in [-0.15, -0.1) is 0 Å². The Hall–Kier alpha value is -2.24. The van der Waals surface area contributed by atoms with E-state index < -0.39 is 21.9 Å². The molecule has 0 saturated carbocycles. The van der Waals surface area contributed by atoms with Gasteiger partial charge in [0.05, 0.1) is 16.1 Å². The van der Waals surface area contributed by atoms with E-state index in [4.69, 9.17) is 0 Å². The Morgan fingerprint density at radius 3 is 2.26 bits per heavy atom. The van der Waals surface area contributed by atoms with E-state index in [0.29, 0.717) is 13.1 Å². The van der Waals surface area contributed by atoms with Crippen molar-refractivity contribution in [3.05, 3.63) is 69.3 Å². The lowest BCUT2D eigenvalue weighted by atomic mass is 10.1. The molecular weight excluding hydrogens is 483 g/mol. The van der Waals surface area contributed by atoms with Crippen molar-refractivity contribution in [2.24, 2.45) is 0 Å². The normalized spacial score (nSPS) is 14.3. The van der Waals surface area contributed by atoms with Gasteiger partial charge in [0.1, 0.15) is 0 Å². The first-order valence-electron chi connectivity index (χ1n) is 7.88. The van der Waals surface area contributed by atoms with Gasteiger partial charge in [-0.3, -0.25) is 4.79 Å². The van der Waals surface area contributed by atoms with Gasteiger partial charge in [0.2, 0.25) is 10.0 Å². The zero-order valence-electron chi connectivity index (χ0n) is 13.9. The number of aromatic carboxylic acids is 1. The summed E-state index contributed by atoms with van der Waals surface area (Å²) in [5, 5.41) is 11.8. The Bertz CT molecular complexity index is 1020. The fourth-order valence-corrected chi connectivity index (χ4v) is 4.41. The molecule has 3 rings (SSSR count). The summed E-state index contributed by atoms with van der Waals surface area (Å²) in [4.78, 5) is 23.9. The Morgan fingerprint density at radius 1 is 1.04 bits per heavy atom. The van der Waals surface area contributed by atoms with Gasteiger partial charge >= 0.3 is 5.97 Å². The van der Waals surface area contributed by atoms with E-state index in [2.05, 4.69) is 5.32 Å². The van der Waals surface area contributed by atoms with E-state index in [1.54, 1.807) is 18.2 Å². The number of amides is 1. The molecule has 1 heterocycles. The highest BCUT2D eigenvalue weighted by Crippen LogP contribution is 2.21. The second-order valence-electron chi connectivity index (χ2n) is 5.77. The number of benzene rings is 2. The fourth-order valence-electron chi connectivity index (χ4n) is 2.58. The molecule has 27 heavy (non-hydrogen) atoms. The second kappa shape index (κ2) is 7.79. The Labute approximate surface area is 169 Å². The molecule has 1 aliphatic heterocycles. The highest BCUT2D eigenvalue weighted by atomic mass is 127. The van der Waals surface area contributed by atoms with E-state index in [1.807, 2.05) is 22.6 Å². The molecule has 2 aromatic rings. The van der Waals surface area contributed by atoms with Gasteiger partial charge < -0.3 is 10.4 Å². The van der Waals surface area contributed by atoms with Crippen LogP contribution in [0.1, 0.15) is 20.7 Å². The van der Waals surface area contributed by atoms with E-state index in [0.717, 1.165) is 3.57 Å². The van der Waals surface area contributed by atoms with Gasteiger partial charge in [0.25, 0.3) is 5.91 Å². The molecule has 7 nitrogen and oxygen atoms in total. The van der Waals surface area contributed by atoms with Gasteiger partial charge in [-0.25, -0.2) is 13.2 Å². The average molecular weight is 498 g/mol. The summed E-state index contributed by atoms with van der Waals surface area (Å²) in [5.41, 5.74) is 0.382. The minimum atomic E-state index is -3.60. The minimum Gasteiger partial charge on any atom is -0.478 e. The fraction of sp³-hybridized carbons (Fsp3) is 0.111. The first-order chi connectivity index (χ1) is 12.8. The van der Waals surface area contributed by atoms with E-state index in [-0.39, 0.29) is 21.7 Å². The maximum atomic E-state index is 12.5. The first kappa shape index (κ1) is 19.5. The van der Waals surface area contributed by atoms with Crippen LogP contribution < -0.4 is 5.32 Å². The van der Waals surface area contributed by atoms with Crippen LogP contribution in [0.4, 0.5) is 5.69 Å². The highest BCUT2D eigenvalue weighted by Gasteiger charge is 2.25. The zero-order chi connectivity index (χ0) is 19.6. The quantitative estimate of drug-likeness (QED) is 0.488. The minimum absolute atomic E-state index is 0.0176. The van der Waals surface area contributed by atoms with Gasteiger partial charge in [-0.05, 0) is 65.1 Å². The summed E-state index contributed by atoms with van der Waals surface area (Å²) in [6.45, 7) is 0.657. The topological polar surface area (TPSA) is 104 Å². The number of halogens is 1. The van der Waals surface area contributed by atoms with Crippen molar-refractivity contribution in [1.29, 1.82) is 0 Å². The van der Waals surface area contributed by atoms with Crippen molar-refractivity contribution in [1.82, 2.24) is 4.31 Å². The molecule has 0 atom stereocenters. The summed E-state index contributed by atoms with van der Waals surface area (Å²) >= 11 is 1.99. The number of carboxylic acid groups (broad SMARTS) is 1. The third kappa shape index (κ3) is 4.20. The lowest BCUT2D eigenvalue weighted by Gasteiger charge is -2.15. The molecule has 2 aromatic carbocycles. The summed E-state index contributed by atoms with van der Waals surface area (Å²) in [6, 6.07) is 10.2. The van der Waals surface area contributed by atoms with E-state index >= 15 is 0 Å². The molecule has 9 heteroatoms. The highest BCUT2D eigenvalue weighted by molar-refractivity contribution is 14.1. The van der Waals surface area contributed by atoms with Crippen molar-refractivity contribution in [2.75, 3.05) is 18.4 Å². The lowest BCUT2D eigenvalue weighted by molar-refractivity contribution is 0.0698. The molecule has 1 aliphatic rings. The molecule has 0 aromatic heterocycles. The van der Waals surface area contributed by atoms with Crippen LogP contribution >= 0.6 is 22.6 Å². The van der Waals surface area contributed by atoms with Crippen LogP contribution in [0.25, 0.3) is 0 Å². The molecular formula is C18H15IN2O5S. The van der Waals surface area contributed by atoms with Crippen molar-refractivity contribution in [2.45, 2.75) is 4.90 Å². The number of nitrogens with one attached hydrogen (secondary N) is 1. The standard InChI is InChI=1S/C18H15IN2O5S/c19-13-5-8-16(15(11-13)18(23)24)20-17(22)12-3-6-14(7-4-12)27(25,26)21-9-1-2-10-21/h1-8,11H,9-10H2,(H,20,22)(H,23,24). The molecule has 0 aliphatic carbocycles. The predicted octanol–water partition coefficient (Wildman–Crippen LogP) is 2.80. The molecule has 140 valence electrons. The van der Waals surface area contributed by atoms with Crippen LogP contribution in [0.5, 0.6) is 0 Å². The number of hydrogen-bond donors (Lipinski definition) is 2. The molecule has 0 saturated heterocycles. The summed E-state index contributed by atoms with van der Waals surface area (Å²) < 4.78 is 27.0. The van der Waals surface area contributed by atoms with Crippen LogP contribution in [0.3, 0.4) is 0 Å². The third-order valence-electron chi connectivity index (χ3n) is 4.00. The number of hydrogen-bond acceptors (Lipinski definition) is 4. The number of sulfonamides is 1. The Kier molecular flexibility index (Phi) is 5.63. The monoisotopic (exact) mass is 498 g/mol. The third-order valence-corrected chi connectivity index (χ3v) is 6.52. The van der Waals surface area contributed by atoms with Gasteiger partial charge in [-0.2, -0.15) is 4.31 Å². The number of carboxylic acids is 1. The Balaban J connectivity index is 1.80.